The van der Waals surface area contributed by atoms with Crippen molar-refractivity contribution >= 4 is 50.9 Å². The number of nitro groups is 1. The maximum atomic E-state index is 12.4. The molecule has 2 heterocycles. The van der Waals surface area contributed by atoms with Crippen LogP contribution in [-0.2, 0) is 0 Å². The Kier molecular flexibility index (Phi) is 4.65. The number of carbonyl (C=O) groups excluding carboxylic acids is 1. The fourth-order valence-corrected chi connectivity index (χ4v) is 3.66. The zero-order valence-electron chi connectivity index (χ0n) is 15.2. The van der Waals surface area contributed by atoms with E-state index in [4.69, 9.17) is 4.74 Å². The van der Waals surface area contributed by atoms with Crippen molar-refractivity contribution in [3.63, 3.8) is 0 Å². The van der Waals surface area contributed by atoms with Crippen LogP contribution < -0.4 is 15.4 Å². The summed E-state index contributed by atoms with van der Waals surface area (Å²) in [6.45, 7) is 1.63. The summed E-state index contributed by atoms with van der Waals surface area (Å²) in [5.41, 5.74) is 0.538. The molecule has 0 fully saturated rings. The number of hydrogen-bond donors (Lipinski definition) is 3. The van der Waals surface area contributed by atoms with Gasteiger partial charge in [0.15, 0.2) is 5.82 Å². The molecule has 3 N–H and O–H groups in total. The third kappa shape index (κ3) is 3.75. The molecular weight excluding hydrogens is 396 g/mol. The number of benzene rings is 2. The molecule has 1 aromatic heterocycles. The molecule has 10 heteroatoms. The lowest BCUT2D eigenvalue weighted by Crippen LogP contribution is -2.35. The minimum atomic E-state index is -0.764. The summed E-state index contributed by atoms with van der Waals surface area (Å²) in [7, 11) is 0. The Labute approximate surface area is 168 Å². The average Bonchev–Trinajstić information content (AvgIpc) is 3.10. The van der Waals surface area contributed by atoms with Gasteiger partial charge in [0.05, 0.1) is 16.2 Å². The third-order valence-corrected chi connectivity index (χ3v) is 5.25. The van der Waals surface area contributed by atoms with Crippen molar-refractivity contribution in [3.8, 4) is 5.75 Å². The van der Waals surface area contributed by atoms with Crippen molar-refractivity contribution in [2.45, 2.75) is 12.5 Å². The molecule has 0 spiro atoms. The lowest BCUT2D eigenvalue weighted by molar-refractivity contribution is -0.384. The largest absolute Gasteiger partial charge is 0.480 e. The van der Waals surface area contributed by atoms with Gasteiger partial charge in [0.25, 0.3) is 5.69 Å². The highest BCUT2D eigenvalue weighted by atomic mass is 32.1. The Balaban J connectivity index is 1.48. The second-order valence-electron chi connectivity index (χ2n) is 6.71. The number of ether oxygens (including phenoxy) is 1. The number of anilines is 2. The SMILES string of the molecule is CC1(CO)C=Cc2cc(NC(=O)Nc3nsc4cc([N+](=O)[O-])ccc34)ccc2O1. The molecule has 3 aromatic rings. The molecule has 9 nitrogen and oxygen atoms in total. The van der Waals surface area contributed by atoms with Gasteiger partial charge in [0.2, 0.25) is 0 Å². The standard InChI is InChI=1S/C19H16N4O5S/c1-19(10-24)7-6-11-8-12(2-5-15(11)28-19)20-18(25)21-17-14-4-3-13(23(26)27)9-16(14)29-22-17/h2-9,24H,10H2,1H3,(H2,20,21,22,25). The fraction of sp³-hybridized carbons (Fsp3) is 0.158. The van der Waals surface area contributed by atoms with Crippen LogP contribution in [0.2, 0.25) is 0 Å². The summed E-state index contributed by atoms with van der Waals surface area (Å²) in [6, 6.07) is 9.03. The molecule has 4 rings (SSSR count). The highest BCUT2D eigenvalue weighted by Crippen LogP contribution is 2.33. The molecule has 2 amide bonds. The van der Waals surface area contributed by atoms with Crippen molar-refractivity contribution < 1.29 is 19.6 Å². The number of aliphatic hydroxyl groups excluding tert-OH is 1. The maximum Gasteiger partial charge on any atom is 0.324 e. The number of urea groups is 1. The molecule has 2 aromatic carbocycles. The second-order valence-corrected chi connectivity index (χ2v) is 7.51. The third-order valence-electron chi connectivity index (χ3n) is 4.44. The van der Waals surface area contributed by atoms with Crippen LogP contribution in [0.1, 0.15) is 12.5 Å². The van der Waals surface area contributed by atoms with E-state index >= 15 is 0 Å². The molecule has 0 bridgehead atoms. The van der Waals surface area contributed by atoms with E-state index in [0.29, 0.717) is 27.3 Å². The normalized spacial score (nSPS) is 17.4. The number of nitrogens with one attached hydrogen (secondary N) is 2. The summed E-state index contributed by atoms with van der Waals surface area (Å²) in [5.74, 6) is 0.944. The first-order chi connectivity index (χ1) is 13.9. The summed E-state index contributed by atoms with van der Waals surface area (Å²) >= 11 is 1.07. The minimum absolute atomic E-state index is 0.0289. The van der Waals surface area contributed by atoms with E-state index in [0.717, 1.165) is 17.1 Å². The van der Waals surface area contributed by atoms with E-state index in [1.165, 1.54) is 12.1 Å². The number of amides is 2. The lowest BCUT2D eigenvalue weighted by Gasteiger charge is -2.29. The van der Waals surface area contributed by atoms with Crippen LogP contribution in [0, 0.1) is 10.1 Å². The van der Waals surface area contributed by atoms with Crippen molar-refractivity contribution in [3.05, 3.63) is 58.2 Å². The van der Waals surface area contributed by atoms with Gasteiger partial charge in [-0.2, -0.15) is 4.37 Å². The zero-order valence-corrected chi connectivity index (χ0v) is 16.0. The number of fused-ring (bicyclic) bond motifs is 2. The number of rotatable bonds is 4. The van der Waals surface area contributed by atoms with Crippen LogP contribution in [0.4, 0.5) is 22.0 Å². The van der Waals surface area contributed by atoms with Gasteiger partial charge >= 0.3 is 6.03 Å². The zero-order chi connectivity index (χ0) is 20.6. The molecule has 29 heavy (non-hydrogen) atoms. The smallest absolute Gasteiger partial charge is 0.324 e. The highest BCUT2D eigenvalue weighted by molar-refractivity contribution is 7.13. The number of non-ortho nitro benzene ring substituents is 1. The van der Waals surface area contributed by atoms with Crippen LogP contribution >= 0.6 is 11.5 Å². The monoisotopic (exact) mass is 412 g/mol. The van der Waals surface area contributed by atoms with Gasteiger partial charge in [0.1, 0.15) is 11.4 Å². The van der Waals surface area contributed by atoms with Crippen molar-refractivity contribution in [1.82, 2.24) is 4.37 Å². The van der Waals surface area contributed by atoms with Crippen LogP contribution in [0.25, 0.3) is 16.2 Å². The van der Waals surface area contributed by atoms with E-state index in [2.05, 4.69) is 15.0 Å². The Hall–Kier alpha value is -3.50. The number of hydrogen-bond acceptors (Lipinski definition) is 7. The Morgan fingerprint density at radius 1 is 1.31 bits per heavy atom. The molecular formula is C19H16N4O5S. The molecule has 1 unspecified atom stereocenters. The number of aliphatic hydroxyl groups is 1. The quantitative estimate of drug-likeness (QED) is 0.439. The van der Waals surface area contributed by atoms with Crippen molar-refractivity contribution in [2.24, 2.45) is 0 Å². The van der Waals surface area contributed by atoms with E-state index in [9.17, 15) is 20.0 Å². The Morgan fingerprint density at radius 2 is 2.14 bits per heavy atom. The Morgan fingerprint density at radius 3 is 2.90 bits per heavy atom. The van der Waals surface area contributed by atoms with Gasteiger partial charge in [-0.3, -0.25) is 15.4 Å². The van der Waals surface area contributed by atoms with Crippen LogP contribution in [0.15, 0.2) is 42.5 Å². The average molecular weight is 412 g/mol. The summed E-state index contributed by atoms with van der Waals surface area (Å²) in [4.78, 5) is 22.8. The Bertz CT molecular complexity index is 1160. The number of nitrogens with zero attached hydrogens (tertiary/aromatic N) is 2. The first-order valence-electron chi connectivity index (χ1n) is 8.62. The van der Waals surface area contributed by atoms with Gasteiger partial charge in [-0.1, -0.05) is 6.08 Å². The molecule has 0 saturated carbocycles. The van der Waals surface area contributed by atoms with E-state index in [1.807, 2.05) is 6.08 Å². The van der Waals surface area contributed by atoms with Gasteiger partial charge in [-0.25, -0.2) is 4.79 Å². The summed E-state index contributed by atoms with van der Waals surface area (Å²) in [6.07, 6.45) is 3.60. The number of nitro benzene ring substituents is 1. The minimum Gasteiger partial charge on any atom is -0.480 e. The molecule has 0 saturated heterocycles. The molecule has 1 atom stereocenters. The van der Waals surface area contributed by atoms with E-state index in [-0.39, 0.29) is 12.3 Å². The predicted octanol–water partition coefficient (Wildman–Crippen LogP) is 4.01. The van der Waals surface area contributed by atoms with Crippen molar-refractivity contribution in [1.29, 1.82) is 0 Å². The van der Waals surface area contributed by atoms with Gasteiger partial charge in [0, 0.05) is 28.8 Å². The van der Waals surface area contributed by atoms with E-state index < -0.39 is 16.6 Å². The number of aromatic nitrogens is 1. The van der Waals surface area contributed by atoms with E-state index in [1.54, 1.807) is 37.3 Å². The molecule has 1 aliphatic rings. The first-order valence-corrected chi connectivity index (χ1v) is 9.39. The van der Waals surface area contributed by atoms with Crippen LogP contribution in [0.3, 0.4) is 0 Å². The first kappa shape index (κ1) is 18.8. The molecule has 0 radical (unpaired) electrons. The summed E-state index contributed by atoms with van der Waals surface area (Å²) < 4.78 is 10.5. The van der Waals surface area contributed by atoms with Gasteiger partial charge in [-0.05, 0) is 48.8 Å². The van der Waals surface area contributed by atoms with Crippen LogP contribution in [-0.4, -0.2) is 32.6 Å². The molecule has 0 aliphatic carbocycles. The maximum absolute atomic E-state index is 12.4. The second kappa shape index (κ2) is 7.15. The van der Waals surface area contributed by atoms with Crippen LogP contribution in [0.5, 0.6) is 5.75 Å². The highest BCUT2D eigenvalue weighted by Gasteiger charge is 2.26. The van der Waals surface area contributed by atoms with Gasteiger partial charge in [-0.15, -0.1) is 0 Å². The molecule has 148 valence electrons. The fourth-order valence-electron chi connectivity index (χ4n) is 2.89. The summed E-state index contributed by atoms with van der Waals surface area (Å²) in [5, 5.41) is 26.3. The molecule has 1 aliphatic heterocycles. The number of carbonyl (C=O) groups is 1. The topological polar surface area (TPSA) is 127 Å². The lowest BCUT2D eigenvalue weighted by atomic mass is 10.0. The van der Waals surface area contributed by atoms with Crippen molar-refractivity contribution in [2.75, 3.05) is 17.2 Å². The van der Waals surface area contributed by atoms with Gasteiger partial charge < -0.3 is 15.2 Å². The predicted molar refractivity (Wildman–Crippen MR) is 111 cm³/mol.